The van der Waals surface area contributed by atoms with Crippen molar-refractivity contribution in [3.8, 4) is 0 Å². The van der Waals surface area contributed by atoms with E-state index >= 15 is 0 Å². The molecule has 0 aliphatic carbocycles. The van der Waals surface area contributed by atoms with Gasteiger partial charge in [-0.25, -0.2) is 15.0 Å². The van der Waals surface area contributed by atoms with Crippen molar-refractivity contribution in [3.05, 3.63) is 30.4 Å². The fourth-order valence-electron chi connectivity index (χ4n) is 1.02. The number of nitrogens with zero attached hydrogens (tertiary/aromatic N) is 3. The van der Waals surface area contributed by atoms with Crippen LogP contribution in [0.4, 0.5) is 0 Å². The lowest BCUT2D eigenvalue weighted by molar-refractivity contribution is 0.995. The van der Waals surface area contributed by atoms with Crippen molar-refractivity contribution in [1.82, 2.24) is 15.0 Å². The Bertz CT molecular complexity index is 399. The minimum Gasteiger partial charge on any atom is -0.325 e. The highest BCUT2D eigenvalue weighted by Gasteiger charge is 1.95. The number of hydrogen-bond acceptors (Lipinski definition) is 4. The SMILES string of the molecule is NCc1ccc2cncnc2n1. The topological polar surface area (TPSA) is 64.7 Å². The molecule has 12 heavy (non-hydrogen) atoms. The smallest absolute Gasteiger partial charge is 0.162 e. The molecule has 60 valence electrons. The van der Waals surface area contributed by atoms with Crippen LogP contribution in [0, 0.1) is 0 Å². The Morgan fingerprint density at radius 3 is 3.08 bits per heavy atom. The molecule has 4 nitrogen and oxygen atoms in total. The van der Waals surface area contributed by atoms with Gasteiger partial charge in [0.25, 0.3) is 0 Å². The summed E-state index contributed by atoms with van der Waals surface area (Å²) in [4.78, 5) is 12.1. The third kappa shape index (κ3) is 1.12. The van der Waals surface area contributed by atoms with E-state index in [1.807, 2.05) is 12.1 Å². The quantitative estimate of drug-likeness (QED) is 0.659. The maximum absolute atomic E-state index is 5.43. The van der Waals surface area contributed by atoms with Crippen molar-refractivity contribution >= 4 is 11.0 Å². The largest absolute Gasteiger partial charge is 0.325 e. The van der Waals surface area contributed by atoms with Gasteiger partial charge in [0.05, 0.1) is 5.69 Å². The van der Waals surface area contributed by atoms with E-state index in [2.05, 4.69) is 15.0 Å². The highest BCUT2D eigenvalue weighted by atomic mass is 14.9. The maximum Gasteiger partial charge on any atom is 0.162 e. The first-order valence-electron chi connectivity index (χ1n) is 3.66. The summed E-state index contributed by atoms with van der Waals surface area (Å²) in [6.45, 7) is 0.444. The lowest BCUT2D eigenvalue weighted by Crippen LogP contribution is -1.99. The lowest BCUT2D eigenvalue weighted by Gasteiger charge is -1.97. The summed E-state index contributed by atoms with van der Waals surface area (Å²) in [6, 6.07) is 3.80. The molecule has 0 atom stereocenters. The average Bonchev–Trinajstić information content (AvgIpc) is 2.17. The molecule has 4 heteroatoms. The van der Waals surface area contributed by atoms with Gasteiger partial charge in [0, 0.05) is 18.1 Å². The van der Waals surface area contributed by atoms with Crippen LogP contribution in [0.1, 0.15) is 5.69 Å². The molecule has 0 saturated carbocycles. The average molecular weight is 160 g/mol. The molecule has 2 N–H and O–H groups in total. The summed E-state index contributed by atoms with van der Waals surface area (Å²) in [5.41, 5.74) is 6.99. The molecule has 2 aromatic heterocycles. The lowest BCUT2D eigenvalue weighted by atomic mass is 10.3. The molecule has 0 radical (unpaired) electrons. The highest BCUT2D eigenvalue weighted by Crippen LogP contribution is 2.06. The molecular weight excluding hydrogens is 152 g/mol. The van der Waals surface area contributed by atoms with E-state index in [0.717, 1.165) is 11.1 Å². The second kappa shape index (κ2) is 2.83. The van der Waals surface area contributed by atoms with E-state index in [9.17, 15) is 0 Å². The van der Waals surface area contributed by atoms with Gasteiger partial charge in [-0.15, -0.1) is 0 Å². The summed E-state index contributed by atoms with van der Waals surface area (Å²) in [6.07, 6.45) is 3.21. The fraction of sp³-hybridized carbons (Fsp3) is 0.125. The van der Waals surface area contributed by atoms with Crippen molar-refractivity contribution in [2.24, 2.45) is 5.73 Å². The molecule has 0 aliphatic rings. The third-order valence-electron chi connectivity index (χ3n) is 1.63. The summed E-state index contributed by atoms with van der Waals surface area (Å²) >= 11 is 0. The second-order valence-electron chi connectivity index (χ2n) is 2.44. The van der Waals surface area contributed by atoms with Crippen LogP contribution in [0.15, 0.2) is 24.7 Å². The Hall–Kier alpha value is -1.55. The molecule has 0 saturated heterocycles. The molecule has 0 bridgehead atoms. The van der Waals surface area contributed by atoms with Crippen molar-refractivity contribution < 1.29 is 0 Å². The van der Waals surface area contributed by atoms with Crippen LogP contribution in [0.3, 0.4) is 0 Å². The van der Waals surface area contributed by atoms with Gasteiger partial charge in [0.1, 0.15) is 6.33 Å². The first-order valence-corrected chi connectivity index (χ1v) is 3.66. The van der Waals surface area contributed by atoms with Gasteiger partial charge < -0.3 is 5.73 Å². The molecule has 2 heterocycles. The number of hydrogen-bond donors (Lipinski definition) is 1. The van der Waals surface area contributed by atoms with Crippen molar-refractivity contribution in [2.75, 3.05) is 0 Å². The van der Waals surface area contributed by atoms with Crippen molar-refractivity contribution in [1.29, 1.82) is 0 Å². The van der Waals surface area contributed by atoms with E-state index in [4.69, 9.17) is 5.73 Å². The Morgan fingerprint density at radius 2 is 2.25 bits per heavy atom. The first kappa shape index (κ1) is 7.12. The molecular formula is C8H8N4. The van der Waals surface area contributed by atoms with Gasteiger partial charge in [0.2, 0.25) is 0 Å². The normalized spacial score (nSPS) is 10.4. The van der Waals surface area contributed by atoms with Crippen LogP contribution in [0.25, 0.3) is 11.0 Å². The molecule has 0 amide bonds. The van der Waals surface area contributed by atoms with E-state index in [-0.39, 0.29) is 0 Å². The third-order valence-corrected chi connectivity index (χ3v) is 1.63. The minimum atomic E-state index is 0.444. The van der Waals surface area contributed by atoms with Gasteiger partial charge >= 0.3 is 0 Å². The summed E-state index contributed by atoms with van der Waals surface area (Å²) < 4.78 is 0. The first-order chi connectivity index (χ1) is 5.90. The van der Waals surface area contributed by atoms with Gasteiger partial charge in [-0.2, -0.15) is 0 Å². The Labute approximate surface area is 69.5 Å². The fourth-order valence-corrected chi connectivity index (χ4v) is 1.02. The molecule has 2 rings (SSSR count). The highest BCUT2D eigenvalue weighted by molar-refractivity contribution is 5.72. The van der Waals surface area contributed by atoms with Crippen molar-refractivity contribution in [3.63, 3.8) is 0 Å². The molecule has 0 spiro atoms. The predicted molar refractivity (Wildman–Crippen MR) is 45.2 cm³/mol. The Balaban J connectivity index is 2.67. The van der Waals surface area contributed by atoms with Crippen LogP contribution in [-0.4, -0.2) is 15.0 Å². The number of rotatable bonds is 1. The molecule has 0 aromatic carbocycles. The van der Waals surface area contributed by atoms with Gasteiger partial charge in [-0.05, 0) is 12.1 Å². The van der Waals surface area contributed by atoms with E-state index in [1.54, 1.807) is 6.20 Å². The molecule has 0 fully saturated rings. The van der Waals surface area contributed by atoms with E-state index in [0.29, 0.717) is 12.2 Å². The molecule has 0 unspecified atom stereocenters. The van der Waals surface area contributed by atoms with E-state index < -0.39 is 0 Å². The van der Waals surface area contributed by atoms with Gasteiger partial charge in [0.15, 0.2) is 5.65 Å². The zero-order valence-electron chi connectivity index (χ0n) is 6.44. The van der Waals surface area contributed by atoms with Gasteiger partial charge in [-0.3, -0.25) is 0 Å². The zero-order chi connectivity index (χ0) is 8.39. The van der Waals surface area contributed by atoms with Crippen LogP contribution in [-0.2, 0) is 6.54 Å². The summed E-state index contributed by atoms with van der Waals surface area (Å²) in [5.74, 6) is 0. The molecule has 2 aromatic rings. The number of fused-ring (bicyclic) bond motifs is 1. The number of aromatic nitrogens is 3. The van der Waals surface area contributed by atoms with Gasteiger partial charge in [-0.1, -0.05) is 0 Å². The predicted octanol–water partition coefficient (Wildman–Crippen LogP) is 0.483. The van der Waals surface area contributed by atoms with Crippen molar-refractivity contribution in [2.45, 2.75) is 6.54 Å². The monoisotopic (exact) mass is 160 g/mol. The summed E-state index contributed by atoms with van der Waals surface area (Å²) in [5, 5.41) is 0.940. The van der Waals surface area contributed by atoms with Crippen LogP contribution >= 0.6 is 0 Å². The van der Waals surface area contributed by atoms with Crippen LogP contribution < -0.4 is 5.73 Å². The maximum atomic E-state index is 5.43. The number of pyridine rings is 1. The Kier molecular flexibility index (Phi) is 1.68. The van der Waals surface area contributed by atoms with Crippen LogP contribution in [0.5, 0.6) is 0 Å². The molecule has 0 aliphatic heterocycles. The second-order valence-corrected chi connectivity index (χ2v) is 2.44. The summed E-state index contributed by atoms with van der Waals surface area (Å²) in [7, 11) is 0. The zero-order valence-corrected chi connectivity index (χ0v) is 6.44. The standard InChI is InChI=1S/C8H8N4/c9-3-7-2-1-6-4-10-5-11-8(6)12-7/h1-2,4-5H,3,9H2. The number of nitrogens with two attached hydrogens (primary N) is 1. The van der Waals surface area contributed by atoms with E-state index in [1.165, 1.54) is 6.33 Å². The van der Waals surface area contributed by atoms with Crippen LogP contribution in [0.2, 0.25) is 0 Å². The minimum absolute atomic E-state index is 0.444. The Morgan fingerprint density at radius 1 is 1.33 bits per heavy atom.